The van der Waals surface area contributed by atoms with Crippen molar-refractivity contribution in [3.63, 3.8) is 0 Å². The van der Waals surface area contributed by atoms with Gasteiger partial charge in [-0.3, -0.25) is 9.59 Å². The van der Waals surface area contributed by atoms with Gasteiger partial charge < -0.3 is 10.6 Å². The van der Waals surface area contributed by atoms with E-state index < -0.39 is 5.25 Å². The van der Waals surface area contributed by atoms with E-state index in [1.807, 2.05) is 24.3 Å². The monoisotopic (exact) mass is 448 g/mol. The molecule has 2 aromatic rings. The van der Waals surface area contributed by atoms with Crippen LogP contribution < -0.4 is 10.6 Å². The maximum Gasteiger partial charge on any atom is 0.240 e. The van der Waals surface area contributed by atoms with Crippen molar-refractivity contribution in [1.82, 2.24) is 5.32 Å². The number of carbonyl (C=O) groups excluding carboxylic acids is 2. The van der Waals surface area contributed by atoms with Crippen molar-refractivity contribution in [3.8, 4) is 0 Å². The lowest BCUT2D eigenvalue weighted by molar-refractivity contribution is -0.122. The van der Waals surface area contributed by atoms with Gasteiger partial charge in [-0.25, -0.2) is 4.39 Å². The first-order chi connectivity index (χ1) is 13.0. The lowest BCUT2D eigenvalue weighted by Crippen LogP contribution is -2.28. The fraction of sp³-hybridized carbons (Fsp3) is 0.111. The fourth-order valence-corrected chi connectivity index (χ4v) is 3.39. The third kappa shape index (κ3) is 5.73. The van der Waals surface area contributed by atoms with Gasteiger partial charge in [0.05, 0.1) is 6.21 Å². The third-order valence-electron chi connectivity index (χ3n) is 3.50. The Balaban J connectivity index is 1.54. The van der Waals surface area contributed by atoms with Gasteiger partial charge in [-0.05, 0) is 42.0 Å². The summed E-state index contributed by atoms with van der Waals surface area (Å²) in [6.45, 7) is 0. The fourth-order valence-electron chi connectivity index (χ4n) is 2.20. The number of carbonyl (C=O) groups is 2. The Morgan fingerprint density at radius 1 is 1.22 bits per heavy atom. The molecule has 0 unspecified atom stereocenters. The third-order valence-corrected chi connectivity index (χ3v) is 5.10. The SMILES string of the molecule is O=C(C[C@@H]1S/C(=N/N=C\c2ccc(Br)cc2)NC1=O)Nc1ccc(F)cc1. The van der Waals surface area contributed by atoms with Crippen molar-refractivity contribution in [1.29, 1.82) is 0 Å². The molecule has 2 N–H and O–H groups in total. The predicted molar refractivity (Wildman–Crippen MR) is 108 cm³/mol. The summed E-state index contributed by atoms with van der Waals surface area (Å²) in [5, 5.41) is 12.9. The molecular weight excluding hydrogens is 435 g/mol. The summed E-state index contributed by atoms with van der Waals surface area (Å²) in [6.07, 6.45) is 1.55. The van der Waals surface area contributed by atoms with E-state index in [2.05, 4.69) is 36.8 Å². The van der Waals surface area contributed by atoms with Gasteiger partial charge in [-0.15, -0.1) is 5.10 Å². The summed E-state index contributed by atoms with van der Waals surface area (Å²) in [4.78, 5) is 24.0. The first-order valence-electron chi connectivity index (χ1n) is 7.89. The van der Waals surface area contributed by atoms with Crippen LogP contribution >= 0.6 is 27.7 Å². The summed E-state index contributed by atoms with van der Waals surface area (Å²) in [6, 6.07) is 12.9. The van der Waals surface area contributed by atoms with Crippen molar-refractivity contribution < 1.29 is 14.0 Å². The predicted octanol–water partition coefficient (Wildman–Crippen LogP) is 3.54. The Hall–Kier alpha value is -2.52. The van der Waals surface area contributed by atoms with Crippen LogP contribution in [0, 0.1) is 5.82 Å². The highest BCUT2D eigenvalue weighted by atomic mass is 79.9. The number of thioether (sulfide) groups is 1. The Morgan fingerprint density at radius 2 is 1.93 bits per heavy atom. The standard InChI is InChI=1S/C18H14BrFN4O2S/c19-12-3-1-11(2-4-12)10-21-24-18-23-17(26)15(27-18)9-16(25)22-14-7-5-13(20)6-8-14/h1-8,10,15H,9H2,(H,22,25)(H,23,24,26)/b21-10-/t15-/m0/s1. The molecule has 0 saturated carbocycles. The minimum atomic E-state index is -0.591. The van der Waals surface area contributed by atoms with E-state index in [1.165, 1.54) is 24.3 Å². The van der Waals surface area contributed by atoms with Crippen LogP contribution in [0.25, 0.3) is 0 Å². The summed E-state index contributed by atoms with van der Waals surface area (Å²) in [7, 11) is 0. The minimum Gasteiger partial charge on any atom is -0.326 e. The van der Waals surface area contributed by atoms with Gasteiger partial charge in [-0.1, -0.05) is 39.8 Å². The number of hydrogen-bond acceptors (Lipinski definition) is 5. The topological polar surface area (TPSA) is 82.9 Å². The van der Waals surface area contributed by atoms with Crippen molar-refractivity contribution >= 4 is 56.6 Å². The van der Waals surface area contributed by atoms with Crippen molar-refractivity contribution in [2.75, 3.05) is 5.32 Å². The van der Waals surface area contributed by atoms with Crippen LogP contribution in [0.3, 0.4) is 0 Å². The molecule has 1 atom stereocenters. The number of rotatable bonds is 5. The number of hydrogen-bond donors (Lipinski definition) is 2. The molecule has 1 aliphatic heterocycles. The number of benzene rings is 2. The Morgan fingerprint density at radius 3 is 2.63 bits per heavy atom. The van der Waals surface area contributed by atoms with Crippen LogP contribution in [-0.2, 0) is 9.59 Å². The molecule has 1 fully saturated rings. The van der Waals surface area contributed by atoms with Crippen LogP contribution in [0.15, 0.2) is 63.2 Å². The second kappa shape index (κ2) is 8.92. The molecular formula is C18H14BrFN4O2S. The van der Waals surface area contributed by atoms with Crippen LogP contribution in [0.4, 0.5) is 10.1 Å². The highest BCUT2D eigenvalue weighted by Gasteiger charge is 2.32. The van der Waals surface area contributed by atoms with Gasteiger partial charge in [0.1, 0.15) is 11.1 Å². The van der Waals surface area contributed by atoms with Crippen molar-refractivity contribution in [2.45, 2.75) is 11.7 Å². The average Bonchev–Trinajstić information content (AvgIpc) is 2.98. The molecule has 0 bridgehead atoms. The molecule has 1 aliphatic rings. The molecule has 0 radical (unpaired) electrons. The van der Waals surface area contributed by atoms with Gasteiger partial charge >= 0.3 is 0 Å². The first kappa shape index (κ1) is 19.2. The molecule has 0 aromatic heterocycles. The lowest BCUT2D eigenvalue weighted by Gasteiger charge is -2.07. The molecule has 6 nitrogen and oxygen atoms in total. The minimum absolute atomic E-state index is 0.0245. The molecule has 3 rings (SSSR count). The van der Waals surface area contributed by atoms with Gasteiger partial charge in [-0.2, -0.15) is 5.10 Å². The summed E-state index contributed by atoms with van der Waals surface area (Å²) in [5.74, 6) is -1.02. The van der Waals surface area contributed by atoms with Gasteiger partial charge in [0.25, 0.3) is 0 Å². The number of halogens is 2. The highest BCUT2D eigenvalue weighted by molar-refractivity contribution is 9.10. The smallest absolute Gasteiger partial charge is 0.240 e. The molecule has 0 spiro atoms. The van der Waals surface area contributed by atoms with E-state index in [4.69, 9.17) is 0 Å². The largest absolute Gasteiger partial charge is 0.326 e. The molecule has 0 aliphatic carbocycles. The molecule has 1 saturated heterocycles. The summed E-state index contributed by atoms with van der Waals surface area (Å²) in [5.41, 5.74) is 1.34. The lowest BCUT2D eigenvalue weighted by atomic mass is 10.2. The zero-order valence-electron chi connectivity index (χ0n) is 13.9. The number of nitrogens with zero attached hydrogens (tertiary/aromatic N) is 2. The van der Waals surface area contributed by atoms with Crippen molar-refractivity contribution in [2.24, 2.45) is 10.2 Å². The Kier molecular flexibility index (Phi) is 6.36. The van der Waals surface area contributed by atoms with E-state index in [0.717, 1.165) is 21.8 Å². The zero-order valence-corrected chi connectivity index (χ0v) is 16.3. The maximum atomic E-state index is 12.9. The van der Waals surface area contributed by atoms with Gasteiger partial charge in [0.15, 0.2) is 5.17 Å². The molecule has 138 valence electrons. The number of anilines is 1. The highest BCUT2D eigenvalue weighted by Crippen LogP contribution is 2.23. The molecule has 9 heteroatoms. The Bertz CT molecular complexity index is 901. The number of amidine groups is 1. The normalized spacial score (nSPS) is 18.1. The second-order valence-corrected chi connectivity index (χ2v) is 7.66. The van der Waals surface area contributed by atoms with E-state index in [1.54, 1.807) is 6.21 Å². The summed E-state index contributed by atoms with van der Waals surface area (Å²) < 4.78 is 13.8. The zero-order chi connectivity index (χ0) is 19.2. The number of amides is 2. The van der Waals surface area contributed by atoms with E-state index in [9.17, 15) is 14.0 Å². The van der Waals surface area contributed by atoms with Crippen LogP contribution in [-0.4, -0.2) is 28.4 Å². The van der Waals surface area contributed by atoms with Crippen LogP contribution in [0.5, 0.6) is 0 Å². The van der Waals surface area contributed by atoms with E-state index in [0.29, 0.717) is 10.9 Å². The average molecular weight is 449 g/mol. The first-order valence-corrected chi connectivity index (χ1v) is 9.56. The van der Waals surface area contributed by atoms with E-state index >= 15 is 0 Å². The molecule has 27 heavy (non-hydrogen) atoms. The van der Waals surface area contributed by atoms with Gasteiger partial charge in [0, 0.05) is 16.6 Å². The maximum absolute atomic E-state index is 12.9. The summed E-state index contributed by atoms with van der Waals surface area (Å²) >= 11 is 4.50. The van der Waals surface area contributed by atoms with Crippen LogP contribution in [0.2, 0.25) is 0 Å². The van der Waals surface area contributed by atoms with Crippen LogP contribution in [0.1, 0.15) is 12.0 Å². The van der Waals surface area contributed by atoms with Gasteiger partial charge in [0.2, 0.25) is 11.8 Å². The number of nitrogens with one attached hydrogen (secondary N) is 2. The van der Waals surface area contributed by atoms with Crippen molar-refractivity contribution in [3.05, 3.63) is 64.4 Å². The van der Waals surface area contributed by atoms with E-state index in [-0.39, 0.29) is 24.1 Å². The quantitative estimate of drug-likeness (QED) is 0.541. The molecule has 2 amide bonds. The molecule has 2 aromatic carbocycles. The molecule has 1 heterocycles. The second-order valence-electron chi connectivity index (χ2n) is 5.56. The Labute approximate surface area is 167 Å².